The molecule has 1 aromatic heterocycles. The molecule has 0 saturated carbocycles. The van der Waals surface area contributed by atoms with Gasteiger partial charge < -0.3 is 10.4 Å². The molecular formula is C11H13NOS. The van der Waals surface area contributed by atoms with E-state index in [1.807, 2.05) is 31.3 Å². The van der Waals surface area contributed by atoms with Crippen LogP contribution in [0.5, 0.6) is 5.75 Å². The van der Waals surface area contributed by atoms with Crippen molar-refractivity contribution in [3.63, 3.8) is 0 Å². The van der Waals surface area contributed by atoms with Crippen molar-refractivity contribution in [2.75, 3.05) is 13.6 Å². The molecule has 0 aliphatic heterocycles. The van der Waals surface area contributed by atoms with Crippen LogP contribution in [-0.4, -0.2) is 18.7 Å². The van der Waals surface area contributed by atoms with Crippen molar-refractivity contribution >= 4 is 21.4 Å². The Morgan fingerprint density at radius 3 is 2.86 bits per heavy atom. The van der Waals surface area contributed by atoms with Crippen LogP contribution in [0.2, 0.25) is 0 Å². The highest BCUT2D eigenvalue weighted by Gasteiger charge is 2.09. The zero-order valence-electron chi connectivity index (χ0n) is 8.08. The van der Waals surface area contributed by atoms with Crippen molar-refractivity contribution in [3.05, 3.63) is 29.1 Å². The summed E-state index contributed by atoms with van der Waals surface area (Å²) < 4.78 is 1.16. The fourth-order valence-corrected chi connectivity index (χ4v) is 2.59. The fraction of sp³-hybridized carbons (Fsp3) is 0.273. The van der Waals surface area contributed by atoms with Crippen LogP contribution in [0.1, 0.15) is 4.88 Å². The number of aromatic hydroxyl groups is 1. The first-order chi connectivity index (χ1) is 6.83. The Morgan fingerprint density at radius 1 is 1.36 bits per heavy atom. The van der Waals surface area contributed by atoms with Gasteiger partial charge in [-0.05, 0) is 32.1 Å². The van der Waals surface area contributed by atoms with Crippen LogP contribution in [0.3, 0.4) is 0 Å². The Morgan fingerprint density at radius 2 is 2.14 bits per heavy atom. The minimum atomic E-state index is 0.459. The lowest BCUT2D eigenvalue weighted by molar-refractivity contribution is 0.477. The van der Waals surface area contributed by atoms with E-state index in [1.54, 1.807) is 11.3 Å². The third-order valence-electron chi connectivity index (χ3n) is 2.24. The van der Waals surface area contributed by atoms with Crippen molar-refractivity contribution in [1.82, 2.24) is 5.32 Å². The first-order valence-corrected chi connectivity index (χ1v) is 5.48. The third-order valence-corrected chi connectivity index (χ3v) is 3.46. The molecule has 0 spiro atoms. The Balaban J connectivity index is 2.41. The van der Waals surface area contributed by atoms with Crippen molar-refractivity contribution in [3.8, 4) is 5.75 Å². The van der Waals surface area contributed by atoms with E-state index >= 15 is 0 Å². The highest BCUT2D eigenvalue weighted by molar-refractivity contribution is 7.19. The molecule has 0 fully saturated rings. The summed E-state index contributed by atoms with van der Waals surface area (Å²) in [4.78, 5) is 1.07. The smallest absolute Gasteiger partial charge is 0.137 e. The van der Waals surface area contributed by atoms with Crippen molar-refractivity contribution in [1.29, 1.82) is 0 Å². The molecule has 3 heteroatoms. The van der Waals surface area contributed by atoms with Gasteiger partial charge in [-0.25, -0.2) is 0 Å². The van der Waals surface area contributed by atoms with E-state index in [9.17, 15) is 5.11 Å². The van der Waals surface area contributed by atoms with Gasteiger partial charge in [0.2, 0.25) is 0 Å². The highest BCUT2D eigenvalue weighted by atomic mass is 32.1. The molecule has 74 valence electrons. The second-order valence-electron chi connectivity index (χ2n) is 3.22. The molecule has 0 amide bonds. The summed E-state index contributed by atoms with van der Waals surface area (Å²) in [6.07, 6.45) is 0.891. The Labute approximate surface area is 87.2 Å². The summed E-state index contributed by atoms with van der Waals surface area (Å²) in [5.74, 6) is 0.459. The van der Waals surface area contributed by atoms with E-state index in [2.05, 4.69) is 5.32 Å². The van der Waals surface area contributed by atoms with Gasteiger partial charge in [-0.2, -0.15) is 0 Å². The van der Waals surface area contributed by atoms with Gasteiger partial charge in [-0.15, -0.1) is 11.3 Å². The van der Waals surface area contributed by atoms with Crippen molar-refractivity contribution in [2.45, 2.75) is 6.42 Å². The standard InChI is InChI=1S/C11H13NOS/c1-12-7-6-10-11(13)8-4-2-3-5-9(8)14-10/h2-5,12-13H,6-7H2,1H3. The van der Waals surface area contributed by atoms with Crippen molar-refractivity contribution in [2.24, 2.45) is 0 Å². The molecule has 1 heterocycles. The van der Waals surface area contributed by atoms with E-state index in [1.165, 1.54) is 0 Å². The lowest BCUT2D eigenvalue weighted by Crippen LogP contribution is -2.09. The van der Waals surface area contributed by atoms with E-state index in [-0.39, 0.29) is 0 Å². The van der Waals surface area contributed by atoms with Crippen LogP contribution in [0, 0.1) is 0 Å². The van der Waals surface area contributed by atoms with Gasteiger partial charge in [0.1, 0.15) is 5.75 Å². The van der Waals surface area contributed by atoms with E-state index in [0.717, 1.165) is 27.9 Å². The van der Waals surface area contributed by atoms with Crippen LogP contribution in [0.15, 0.2) is 24.3 Å². The van der Waals surface area contributed by atoms with E-state index in [0.29, 0.717) is 5.75 Å². The molecule has 0 unspecified atom stereocenters. The number of hydrogen-bond donors (Lipinski definition) is 2. The van der Waals surface area contributed by atoms with Crippen LogP contribution < -0.4 is 5.32 Å². The molecule has 0 saturated heterocycles. The summed E-state index contributed by atoms with van der Waals surface area (Å²) in [5, 5.41) is 14.0. The maximum atomic E-state index is 9.90. The monoisotopic (exact) mass is 207 g/mol. The Bertz CT molecular complexity index is 436. The molecule has 0 radical (unpaired) electrons. The van der Waals surface area contributed by atoms with Crippen LogP contribution in [-0.2, 0) is 6.42 Å². The van der Waals surface area contributed by atoms with Gasteiger partial charge in [0, 0.05) is 15.0 Å². The molecule has 0 atom stereocenters. The molecule has 0 aliphatic rings. The van der Waals surface area contributed by atoms with Gasteiger partial charge in [0.25, 0.3) is 0 Å². The normalized spacial score (nSPS) is 10.9. The summed E-state index contributed by atoms with van der Waals surface area (Å²) in [5.41, 5.74) is 0. The predicted octanol–water partition coefficient (Wildman–Crippen LogP) is 2.37. The lowest BCUT2D eigenvalue weighted by Gasteiger charge is -1.96. The summed E-state index contributed by atoms with van der Waals surface area (Å²) >= 11 is 1.67. The van der Waals surface area contributed by atoms with E-state index < -0.39 is 0 Å². The number of hydrogen-bond acceptors (Lipinski definition) is 3. The minimum absolute atomic E-state index is 0.459. The molecule has 0 bridgehead atoms. The number of thiophene rings is 1. The summed E-state index contributed by atoms with van der Waals surface area (Å²) in [7, 11) is 1.92. The quantitative estimate of drug-likeness (QED) is 0.810. The van der Waals surface area contributed by atoms with Crippen LogP contribution in [0.25, 0.3) is 10.1 Å². The minimum Gasteiger partial charge on any atom is -0.506 e. The molecule has 2 nitrogen and oxygen atoms in total. The van der Waals surface area contributed by atoms with Gasteiger partial charge in [0.05, 0.1) is 0 Å². The molecule has 2 aromatic rings. The molecule has 2 N–H and O–H groups in total. The molecular weight excluding hydrogens is 194 g/mol. The average molecular weight is 207 g/mol. The average Bonchev–Trinajstić information content (AvgIpc) is 2.54. The number of fused-ring (bicyclic) bond motifs is 1. The first kappa shape index (κ1) is 9.49. The maximum Gasteiger partial charge on any atom is 0.137 e. The highest BCUT2D eigenvalue weighted by Crippen LogP contribution is 2.36. The summed E-state index contributed by atoms with van der Waals surface area (Å²) in [6, 6.07) is 7.96. The fourth-order valence-electron chi connectivity index (χ4n) is 1.49. The van der Waals surface area contributed by atoms with Crippen LogP contribution in [0.4, 0.5) is 0 Å². The number of nitrogens with one attached hydrogen (secondary N) is 1. The second kappa shape index (κ2) is 3.98. The lowest BCUT2D eigenvalue weighted by atomic mass is 10.2. The topological polar surface area (TPSA) is 32.3 Å². The van der Waals surface area contributed by atoms with Gasteiger partial charge in [0.15, 0.2) is 0 Å². The molecule has 14 heavy (non-hydrogen) atoms. The Hall–Kier alpha value is -1.06. The number of benzene rings is 1. The van der Waals surface area contributed by atoms with Crippen LogP contribution >= 0.6 is 11.3 Å². The molecule has 0 aliphatic carbocycles. The largest absolute Gasteiger partial charge is 0.506 e. The van der Waals surface area contributed by atoms with Gasteiger partial charge >= 0.3 is 0 Å². The molecule has 1 aromatic carbocycles. The second-order valence-corrected chi connectivity index (χ2v) is 4.36. The number of rotatable bonds is 3. The third kappa shape index (κ3) is 1.61. The SMILES string of the molecule is CNCCc1sc2ccccc2c1O. The Kier molecular flexibility index (Phi) is 2.70. The van der Waals surface area contributed by atoms with E-state index in [4.69, 9.17) is 0 Å². The zero-order chi connectivity index (χ0) is 9.97. The summed E-state index contributed by atoms with van der Waals surface area (Å²) in [6.45, 7) is 0.903. The molecule has 2 rings (SSSR count). The van der Waals surface area contributed by atoms with Gasteiger partial charge in [-0.3, -0.25) is 0 Å². The number of likely N-dealkylation sites (N-methyl/N-ethyl adjacent to an activating group) is 1. The zero-order valence-corrected chi connectivity index (χ0v) is 8.90. The predicted molar refractivity (Wildman–Crippen MR) is 61.1 cm³/mol. The van der Waals surface area contributed by atoms with Gasteiger partial charge in [-0.1, -0.05) is 12.1 Å². The first-order valence-electron chi connectivity index (χ1n) is 4.67. The van der Waals surface area contributed by atoms with Crippen molar-refractivity contribution < 1.29 is 5.11 Å². The maximum absolute atomic E-state index is 9.90.